The van der Waals surface area contributed by atoms with Crippen molar-refractivity contribution in [2.24, 2.45) is 5.92 Å². The van der Waals surface area contributed by atoms with Gasteiger partial charge >= 0.3 is 0 Å². The summed E-state index contributed by atoms with van der Waals surface area (Å²) in [7, 11) is -0.611. The van der Waals surface area contributed by atoms with Gasteiger partial charge in [0, 0.05) is 19.8 Å². The molecular weight excluding hydrogens is 364 g/mol. The second kappa shape index (κ2) is 7.32. The fraction of sp³-hybridized carbons (Fsp3) is 0.350. The van der Waals surface area contributed by atoms with E-state index in [1.54, 1.807) is 6.07 Å². The molecule has 0 aromatic heterocycles. The Labute approximate surface area is 160 Å². The maximum absolute atomic E-state index is 12.8. The van der Waals surface area contributed by atoms with Crippen molar-refractivity contribution >= 4 is 21.6 Å². The summed E-state index contributed by atoms with van der Waals surface area (Å²) >= 11 is 0. The highest BCUT2D eigenvalue weighted by atomic mass is 32.2. The quantitative estimate of drug-likeness (QED) is 0.874. The molecule has 1 atom stereocenters. The van der Waals surface area contributed by atoms with Gasteiger partial charge in [-0.1, -0.05) is 18.2 Å². The summed E-state index contributed by atoms with van der Waals surface area (Å²) in [5.74, 6) is 0.313. The third-order valence-corrected chi connectivity index (χ3v) is 6.72. The zero-order valence-electron chi connectivity index (χ0n) is 15.9. The van der Waals surface area contributed by atoms with Crippen LogP contribution in [0.5, 0.6) is 5.75 Å². The number of nitrogens with one attached hydrogen (secondary N) is 1. The van der Waals surface area contributed by atoms with Crippen LogP contribution < -0.4 is 10.1 Å². The lowest BCUT2D eigenvalue weighted by molar-refractivity contribution is -0.121. The van der Waals surface area contributed by atoms with Crippen LogP contribution >= 0.6 is 0 Å². The van der Waals surface area contributed by atoms with Gasteiger partial charge in [-0.3, -0.25) is 4.79 Å². The van der Waals surface area contributed by atoms with Crippen LogP contribution in [0, 0.1) is 19.8 Å². The van der Waals surface area contributed by atoms with Crippen molar-refractivity contribution < 1.29 is 17.9 Å². The van der Waals surface area contributed by atoms with Gasteiger partial charge in [-0.25, -0.2) is 12.7 Å². The van der Waals surface area contributed by atoms with E-state index in [1.807, 2.05) is 38.1 Å². The predicted molar refractivity (Wildman–Crippen MR) is 105 cm³/mol. The van der Waals surface area contributed by atoms with Crippen molar-refractivity contribution in [3.8, 4) is 5.75 Å². The summed E-state index contributed by atoms with van der Waals surface area (Å²) in [5.41, 5.74) is 3.16. The average Bonchev–Trinajstić information content (AvgIpc) is 2.64. The van der Waals surface area contributed by atoms with Gasteiger partial charge < -0.3 is 10.1 Å². The SMILES string of the molecule is Cc1cc(S(=O)(=O)N(C)C)cc(NC(=O)C2COc3ccccc3C2)c1C. The number of para-hydroxylation sites is 1. The first-order valence-corrected chi connectivity index (χ1v) is 10.2. The van der Waals surface area contributed by atoms with E-state index >= 15 is 0 Å². The Kier molecular flexibility index (Phi) is 5.26. The molecular formula is C20H24N2O4S. The molecule has 2 aromatic carbocycles. The molecule has 7 heteroatoms. The Bertz CT molecular complexity index is 983. The molecule has 1 amide bonds. The zero-order chi connectivity index (χ0) is 19.8. The number of hydrogen-bond acceptors (Lipinski definition) is 4. The summed E-state index contributed by atoms with van der Waals surface area (Å²) in [5, 5.41) is 2.90. The van der Waals surface area contributed by atoms with Crippen LogP contribution in [0.25, 0.3) is 0 Å². The van der Waals surface area contributed by atoms with Gasteiger partial charge in [-0.05, 0) is 55.2 Å². The molecule has 0 aliphatic carbocycles. The van der Waals surface area contributed by atoms with Crippen LogP contribution in [0.4, 0.5) is 5.69 Å². The molecule has 0 saturated carbocycles. The van der Waals surface area contributed by atoms with E-state index in [0.717, 1.165) is 26.7 Å². The molecule has 2 aromatic rings. The number of amides is 1. The second-order valence-electron chi connectivity index (χ2n) is 7.01. The number of carbonyl (C=O) groups excluding carboxylic acids is 1. The molecule has 0 radical (unpaired) electrons. The lowest BCUT2D eigenvalue weighted by Gasteiger charge is -2.25. The minimum Gasteiger partial charge on any atom is -0.492 e. The van der Waals surface area contributed by atoms with E-state index in [4.69, 9.17) is 4.74 Å². The molecule has 1 unspecified atom stereocenters. The molecule has 0 fully saturated rings. The molecule has 144 valence electrons. The summed E-state index contributed by atoms with van der Waals surface area (Å²) in [4.78, 5) is 12.9. The van der Waals surface area contributed by atoms with Crippen molar-refractivity contribution in [2.45, 2.75) is 25.2 Å². The first-order valence-electron chi connectivity index (χ1n) is 8.75. The number of carbonyl (C=O) groups is 1. The van der Waals surface area contributed by atoms with E-state index in [0.29, 0.717) is 18.7 Å². The number of rotatable bonds is 4. The fourth-order valence-electron chi connectivity index (χ4n) is 3.05. The van der Waals surface area contributed by atoms with Crippen molar-refractivity contribution in [3.63, 3.8) is 0 Å². The Hall–Kier alpha value is -2.38. The lowest BCUT2D eigenvalue weighted by atomic mass is 9.95. The minimum absolute atomic E-state index is 0.163. The Morgan fingerprint density at radius 2 is 1.89 bits per heavy atom. The maximum atomic E-state index is 12.8. The molecule has 1 N–H and O–H groups in total. The normalized spacial score (nSPS) is 16.6. The monoisotopic (exact) mass is 388 g/mol. The average molecular weight is 388 g/mol. The largest absolute Gasteiger partial charge is 0.492 e. The van der Waals surface area contributed by atoms with Crippen LogP contribution in [-0.4, -0.2) is 39.3 Å². The molecule has 3 rings (SSSR count). The van der Waals surface area contributed by atoms with Gasteiger partial charge in [-0.15, -0.1) is 0 Å². The standard InChI is InChI=1S/C20H24N2O4S/c1-13-9-17(27(24,25)22(3)4)11-18(14(13)2)21-20(23)16-10-15-7-5-6-8-19(15)26-12-16/h5-9,11,16H,10,12H2,1-4H3,(H,21,23). The van der Waals surface area contributed by atoms with Gasteiger partial charge in [0.25, 0.3) is 0 Å². The third-order valence-electron chi connectivity index (χ3n) is 4.93. The van der Waals surface area contributed by atoms with Crippen LogP contribution in [-0.2, 0) is 21.2 Å². The second-order valence-corrected chi connectivity index (χ2v) is 9.16. The molecule has 27 heavy (non-hydrogen) atoms. The minimum atomic E-state index is -3.58. The Balaban J connectivity index is 1.85. The number of fused-ring (bicyclic) bond motifs is 1. The number of sulfonamides is 1. The van der Waals surface area contributed by atoms with Crippen LogP contribution in [0.15, 0.2) is 41.3 Å². The van der Waals surface area contributed by atoms with E-state index < -0.39 is 10.0 Å². The molecule has 1 aliphatic heterocycles. The predicted octanol–water partition coefficient (Wildman–Crippen LogP) is 2.74. The molecule has 1 heterocycles. The van der Waals surface area contributed by atoms with E-state index in [9.17, 15) is 13.2 Å². The number of aryl methyl sites for hydroxylation is 1. The Morgan fingerprint density at radius 1 is 1.19 bits per heavy atom. The third kappa shape index (κ3) is 3.84. The van der Waals surface area contributed by atoms with Crippen molar-refractivity contribution in [2.75, 3.05) is 26.0 Å². The number of hydrogen-bond donors (Lipinski definition) is 1. The molecule has 0 spiro atoms. The van der Waals surface area contributed by atoms with E-state index in [2.05, 4.69) is 5.32 Å². The summed E-state index contributed by atoms with van der Waals surface area (Å²) < 4.78 is 31.8. The molecule has 1 aliphatic rings. The smallest absolute Gasteiger partial charge is 0.242 e. The maximum Gasteiger partial charge on any atom is 0.242 e. The molecule has 0 bridgehead atoms. The van der Waals surface area contributed by atoms with Crippen LogP contribution in [0.1, 0.15) is 16.7 Å². The Morgan fingerprint density at radius 3 is 2.59 bits per heavy atom. The van der Waals surface area contributed by atoms with E-state index in [1.165, 1.54) is 20.2 Å². The topological polar surface area (TPSA) is 75.7 Å². The van der Waals surface area contributed by atoms with Crippen LogP contribution in [0.2, 0.25) is 0 Å². The number of ether oxygens (including phenoxy) is 1. The van der Waals surface area contributed by atoms with Gasteiger partial charge in [-0.2, -0.15) is 0 Å². The van der Waals surface area contributed by atoms with Crippen LogP contribution in [0.3, 0.4) is 0 Å². The van der Waals surface area contributed by atoms with Crippen molar-refractivity contribution in [1.82, 2.24) is 4.31 Å². The summed E-state index contributed by atoms with van der Waals surface area (Å²) in [6.07, 6.45) is 0.593. The van der Waals surface area contributed by atoms with Crippen molar-refractivity contribution in [1.29, 1.82) is 0 Å². The molecule has 0 saturated heterocycles. The highest BCUT2D eigenvalue weighted by molar-refractivity contribution is 7.89. The lowest BCUT2D eigenvalue weighted by Crippen LogP contribution is -2.33. The summed E-state index contributed by atoms with van der Waals surface area (Å²) in [6, 6.07) is 10.8. The fourth-order valence-corrected chi connectivity index (χ4v) is 4.06. The first-order chi connectivity index (χ1) is 12.7. The van der Waals surface area contributed by atoms with Gasteiger partial charge in [0.15, 0.2) is 0 Å². The number of nitrogens with zero attached hydrogens (tertiary/aromatic N) is 1. The van der Waals surface area contributed by atoms with E-state index in [-0.39, 0.29) is 16.7 Å². The number of anilines is 1. The van der Waals surface area contributed by atoms with Gasteiger partial charge in [0.05, 0.1) is 10.8 Å². The first kappa shape index (κ1) is 19.4. The van der Waals surface area contributed by atoms with Gasteiger partial charge in [0.1, 0.15) is 12.4 Å². The molecule has 6 nitrogen and oxygen atoms in total. The highest BCUT2D eigenvalue weighted by Gasteiger charge is 2.27. The highest BCUT2D eigenvalue weighted by Crippen LogP contribution is 2.29. The number of benzene rings is 2. The zero-order valence-corrected chi connectivity index (χ0v) is 16.8. The van der Waals surface area contributed by atoms with Crippen molar-refractivity contribution in [3.05, 3.63) is 53.1 Å². The summed E-state index contributed by atoms with van der Waals surface area (Å²) in [6.45, 7) is 4.00. The van der Waals surface area contributed by atoms with Gasteiger partial charge in [0.2, 0.25) is 15.9 Å².